The van der Waals surface area contributed by atoms with Crippen molar-refractivity contribution in [1.82, 2.24) is 0 Å². The number of halogens is 4. The number of nitrogens with zero attached hydrogens (tertiary/aromatic N) is 3. The Morgan fingerprint density at radius 3 is 2.12 bits per heavy atom. The molecular weight excluding hydrogens is 499 g/mol. The lowest BCUT2D eigenvalue weighted by Gasteiger charge is -2.01. The van der Waals surface area contributed by atoms with Crippen LogP contribution in [-0.2, 0) is 13.1 Å². The van der Waals surface area contributed by atoms with Gasteiger partial charge in [-0.05, 0) is 0 Å². The number of oxime groups is 1. The van der Waals surface area contributed by atoms with E-state index in [9.17, 15) is 4.79 Å². The number of aryl methyl sites for hydroxylation is 2. The van der Waals surface area contributed by atoms with E-state index in [4.69, 9.17) is 34.1 Å². The fourth-order valence-electron chi connectivity index (χ4n) is 2.10. The number of amides is 1. The Bertz CT molecular complexity index is 720. The van der Waals surface area contributed by atoms with E-state index in [-0.39, 0.29) is 34.0 Å². The Balaban J connectivity index is 0.00000288. The molecule has 1 amide bonds. The van der Waals surface area contributed by atoms with Crippen LogP contribution >= 0.6 is 23.2 Å². The molecule has 136 valence electrons. The van der Waals surface area contributed by atoms with Crippen molar-refractivity contribution in [3.8, 4) is 0 Å². The van der Waals surface area contributed by atoms with Crippen LogP contribution in [0.3, 0.4) is 0 Å². The maximum Gasteiger partial charge on any atom is 0.249 e. The lowest BCUT2D eigenvalue weighted by atomic mass is 10.2. The van der Waals surface area contributed by atoms with Gasteiger partial charge in [-0.1, -0.05) is 28.4 Å². The topological polar surface area (TPSA) is 83.4 Å². The Hall–Kier alpha value is -1.22. The number of hydrogen-bond donors (Lipinski definition) is 2. The highest BCUT2D eigenvalue weighted by atomic mass is 79.9. The summed E-state index contributed by atoms with van der Waals surface area (Å²) >= 11 is 12.2. The number of nitrogens with two attached hydrogens (primary N) is 1. The molecule has 0 aliphatic heterocycles. The lowest BCUT2D eigenvalue weighted by molar-refractivity contribution is -0.726. The molecule has 0 saturated carbocycles. The fourth-order valence-corrected chi connectivity index (χ4v) is 2.70. The van der Waals surface area contributed by atoms with Crippen molar-refractivity contribution in [3.63, 3.8) is 0 Å². The second-order valence-electron chi connectivity index (χ2n) is 4.89. The summed E-state index contributed by atoms with van der Waals surface area (Å²) in [7, 11) is 0. The van der Waals surface area contributed by atoms with Gasteiger partial charge >= 0.3 is 0 Å². The summed E-state index contributed by atoms with van der Waals surface area (Å²) in [6.07, 6.45) is 9.12. The highest BCUT2D eigenvalue weighted by Crippen LogP contribution is 2.20. The number of carbonyl (C=O) groups is 1. The van der Waals surface area contributed by atoms with Crippen LogP contribution < -0.4 is 48.8 Å². The Kier molecular flexibility index (Phi) is 10.8. The molecule has 0 aliphatic rings. The molecule has 2 aromatic rings. The fraction of sp³-hybridized carbons (Fsp3) is 0.200. The molecule has 3 N–H and O–H groups in total. The molecule has 0 bridgehead atoms. The maximum absolute atomic E-state index is 11.0. The van der Waals surface area contributed by atoms with Gasteiger partial charge < -0.3 is 44.9 Å². The van der Waals surface area contributed by atoms with Gasteiger partial charge in [0.2, 0.25) is 5.91 Å². The first kappa shape index (κ1) is 23.8. The van der Waals surface area contributed by atoms with Crippen LogP contribution in [0.2, 0.25) is 10.0 Å². The van der Waals surface area contributed by atoms with Gasteiger partial charge in [0.1, 0.15) is 10.0 Å². The van der Waals surface area contributed by atoms with Crippen LogP contribution in [0.1, 0.15) is 22.3 Å². The van der Waals surface area contributed by atoms with Gasteiger partial charge in [-0.2, -0.15) is 0 Å². The average molecular weight is 515 g/mol. The number of hydrogen-bond acceptors (Lipinski definition) is 3. The summed E-state index contributed by atoms with van der Waals surface area (Å²) < 4.78 is 3.83. The molecule has 2 heterocycles. The molecule has 6 nitrogen and oxygen atoms in total. The van der Waals surface area contributed by atoms with Crippen LogP contribution in [0.25, 0.3) is 0 Å². The number of rotatable bonds is 6. The van der Waals surface area contributed by atoms with Gasteiger partial charge in [0.15, 0.2) is 37.9 Å². The summed E-state index contributed by atoms with van der Waals surface area (Å²) in [5.74, 6) is -0.441. The van der Waals surface area contributed by atoms with Crippen molar-refractivity contribution in [3.05, 3.63) is 58.1 Å². The van der Waals surface area contributed by atoms with Crippen LogP contribution in [0.15, 0.2) is 42.1 Å². The molecule has 2 aromatic heterocycles. The zero-order valence-electron chi connectivity index (χ0n) is 12.9. The smallest absolute Gasteiger partial charge is 0.249 e. The summed E-state index contributed by atoms with van der Waals surface area (Å²) in [5, 5.41) is 12.3. The van der Waals surface area contributed by atoms with Crippen molar-refractivity contribution in [1.29, 1.82) is 0 Å². The van der Waals surface area contributed by atoms with Gasteiger partial charge in [0, 0.05) is 17.7 Å². The van der Waals surface area contributed by atoms with Crippen LogP contribution in [-0.4, -0.2) is 17.3 Å². The van der Waals surface area contributed by atoms with Gasteiger partial charge in [-0.25, -0.2) is 9.13 Å². The van der Waals surface area contributed by atoms with Crippen molar-refractivity contribution < 1.29 is 53.1 Å². The second kappa shape index (κ2) is 11.4. The number of aromatic nitrogens is 2. The third-order valence-corrected chi connectivity index (χ3v) is 3.87. The molecule has 0 fully saturated rings. The van der Waals surface area contributed by atoms with E-state index in [0.29, 0.717) is 27.7 Å². The van der Waals surface area contributed by atoms with Crippen molar-refractivity contribution in [2.75, 3.05) is 0 Å². The zero-order chi connectivity index (χ0) is 16.8. The van der Waals surface area contributed by atoms with Gasteiger partial charge in [-0.15, -0.1) is 0 Å². The molecule has 0 aliphatic carbocycles. The first-order valence-corrected chi connectivity index (χ1v) is 7.61. The third-order valence-electron chi connectivity index (χ3n) is 3.27. The molecule has 0 atom stereocenters. The third kappa shape index (κ3) is 6.89. The van der Waals surface area contributed by atoms with Gasteiger partial charge in [0.05, 0.1) is 18.2 Å². The van der Waals surface area contributed by atoms with Crippen LogP contribution in [0, 0.1) is 0 Å². The van der Waals surface area contributed by atoms with E-state index in [1.165, 1.54) is 6.21 Å². The Morgan fingerprint density at radius 2 is 1.64 bits per heavy atom. The van der Waals surface area contributed by atoms with Crippen LogP contribution in [0.4, 0.5) is 0 Å². The van der Waals surface area contributed by atoms with E-state index in [0.717, 1.165) is 13.0 Å². The quantitative estimate of drug-likeness (QED) is 0.177. The first-order valence-electron chi connectivity index (χ1n) is 6.85. The summed E-state index contributed by atoms with van der Waals surface area (Å²) in [4.78, 5) is 11.0. The van der Waals surface area contributed by atoms with Gasteiger partial charge in [-0.3, -0.25) is 4.79 Å². The van der Waals surface area contributed by atoms with Crippen molar-refractivity contribution >= 4 is 35.3 Å². The van der Waals surface area contributed by atoms with Crippen LogP contribution in [0.5, 0.6) is 0 Å². The molecule has 10 heteroatoms. The number of carbonyl (C=O) groups excluding carboxylic acids is 1. The molecule has 2 rings (SSSR count). The predicted octanol–water partition coefficient (Wildman–Crippen LogP) is -4.43. The minimum atomic E-state index is -0.441. The standard InChI is InChI=1S/C15H14Cl2N4O2.2BrH/c16-13-9-21(10-14(17)12(13)8-19-23)5-1-4-20-6-2-11(3-7-20)15(18)22;;/h2-3,6-10H,1,4-5H2,(H-,18,22);2*1H. The first-order chi connectivity index (χ1) is 11.0. The summed E-state index contributed by atoms with van der Waals surface area (Å²) in [6.45, 7) is 1.47. The Morgan fingerprint density at radius 1 is 1.12 bits per heavy atom. The van der Waals surface area contributed by atoms with Crippen molar-refractivity contribution in [2.45, 2.75) is 19.5 Å². The van der Waals surface area contributed by atoms with E-state index >= 15 is 0 Å². The molecular formula is C15H16Br2Cl2N4O2. The normalized spacial score (nSPS) is 10.2. The molecule has 0 unspecified atom stereocenters. The molecule has 0 radical (unpaired) electrons. The molecule has 0 saturated heterocycles. The monoisotopic (exact) mass is 512 g/mol. The average Bonchev–Trinajstić information content (AvgIpc) is 2.51. The second-order valence-corrected chi connectivity index (χ2v) is 5.71. The highest BCUT2D eigenvalue weighted by molar-refractivity contribution is 6.38. The van der Waals surface area contributed by atoms with Crippen molar-refractivity contribution in [2.24, 2.45) is 10.9 Å². The molecule has 0 spiro atoms. The SMILES string of the molecule is NC(=O)c1cc[n+](CCC[n+]2cc(Cl)c(/C=N/O)c(Cl)c2)cc1.[Br-].[Br-]. The van der Waals surface area contributed by atoms with E-state index in [2.05, 4.69) is 5.16 Å². The van der Waals surface area contributed by atoms with Gasteiger partial charge in [0.25, 0.3) is 0 Å². The minimum Gasteiger partial charge on any atom is -1.00 e. The van der Waals surface area contributed by atoms with E-state index in [1.807, 2.05) is 21.5 Å². The Labute approximate surface area is 176 Å². The number of pyridine rings is 2. The highest BCUT2D eigenvalue weighted by Gasteiger charge is 2.13. The summed E-state index contributed by atoms with van der Waals surface area (Å²) in [5.41, 5.74) is 6.16. The van der Waals surface area contributed by atoms with E-state index in [1.54, 1.807) is 24.5 Å². The molecule has 25 heavy (non-hydrogen) atoms. The minimum absolute atomic E-state index is 0. The van der Waals surface area contributed by atoms with E-state index < -0.39 is 5.91 Å². The lowest BCUT2D eigenvalue weighted by Crippen LogP contribution is -3.00. The molecule has 0 aromatic carbocycles. The largest absolute Gasteiger partial charge is 1.00 e. The number of primary amides is 1. The predicted molar refractivity (Wildman–Crippen MR) is 85.8 cm³/mol. The maximum atomic E-state index is 11.0. The summed E-state index contributed by atoms with van der Waals surface area (Å²) in [6, 6.07) is 3.37. The zero-order valence-corrected chi connectivity index (χ0v) is 17.6.